The fraction of sp³-hybridized carbons (Fsp3) is 0.316. The predicted octanol–water partition coefficient (Wildman–Crippen LogP) is 2.95. The summed E-state index contributed by atoms with van der Waals surface area (Å²) in [7, 11) is -3.57. The SMILES string of the molecule is Cc1cc(C)cc(N(CC(=O)N[C@@H](C)c2ccccc2)S(C)(=O)=O)c1. The first-order chi connectivity index (χ1) is 11.7. The largest absolute Gasteiger partial charge is 0.348 e. The Labute approximate surface area is 149 Å². The summed E-state index contributed by atoms with van der Waals surface area (Å²) in [5.74, 6) is -0.346. The summed E-state index contributed by atoms with van der Waals surface area (Å²) in [5.41, 5.74) is 3.36. The van der Waals surface area contributed by atoms with Gasteiger partial charge in [-0.05, 0) is 49.6 Å². The lowest BCUT2D eigenvalue weighted by molar-refractivity contribution is -0.120. The molecule has 0 aromatic heterocycles. The zero-order chi connectivity index (χ0) is 18.6. The van der Waals surface area contributed by atoms with Crippen LogP contribution in [0.5, 0.6) is 0 Å². The van der Waals surface area contributed by atoms with E-state index in [0.29, 0.717) is 5.69 Å². The van der Waals surface area contributed by atoms with Crippen molar-refractivity contribution in [1.82, 2.24) is 5.32 Å². The molecule has 134 valence electrons. The summed E-state index contributed by atoms with van der Waals surface area (Å²) < 4.78 is 25.5. The van der Waals surface area contributed by atoms with Crippen LogP contribution < -0.4 is 9.62 Å². The maximum Gasteiger partial charge on any atom is 0.241 e. The standard InChI is InChI=1S/C19H24N2O3S/c1-14-10-15(2)12-18(11-14)21(25(4,23)24)13-19(22)20-16(3)17-8-6-5-7-9-17/h5-12,16H,13H2,1-4H3,(H,20,22)/t16-/m0/s1. The Hall–Kier alpha value is -2.34. The van der Waals surface area contributed by atoms with Crippen molar-refractivity contribution in [2.75, 3.05) is 17.1 Å². The van der Waals surface area contributed by atoms with Crippen molar-refractivity contribution in [2.45, 2.75) is 26.8 Å². The molecule has 0 aliphatic rings. The number of nitrogens with zero attached hydrogens (tertiary/aromatic N) is 1. The lowest BCUT2D eigenvalue weighted by atomic mass is 10.1. The molecule has 0 bridgehead atoms. The van der Waals surface area contributed by atoms with Gasteiger partial charge in [-0.2, -0.15) is 0 Å². The van der Waals surface area contributed by atoms with Crippen molar-refractivity contribution in [2.24, 2.45) is 0 Å². The van der Waals surface area contributed by atoms with Crippen molar-refractivity contribution in [3.05, 3.63) is 65.2 Å². The molecule has 0 heterocycles. The molecule has 2 aromatic carbocycles. The van der Waals surface area contributed by atoms with Gasteiger partial charge in [0.2, 0.25) is 15.9 Å². The van der Waals surface area contributed by atoms with E-state index >= 15 is 0 Å². The number of carbonyl (C=O) groups excluding carboxylic acids is 1. The van der Waals surface area contributed by atoms with Gasteiger partial charge in [0, 0.05) is 0 Å². The van der Waals surface area contributed by atoms with Crippen LogP contribution in [-0.4, -0.2) is 27.1 Å². The third-order valence-corrected chi connectivity index (χ3v) is 5.00. The molecule has 0 aliphatic carbocycles. The van der Waals surface area contributed by atoms with Crippen molar-refractivity contribution in [3.63, 3.8) is 0 Å². The van der Waals surface area contributed by atoms with Crippen LogP contribution >= 0.6 is 0 Å². The quantitative estimate of drug-likeness (QED) is 0.861. The lowest BCUT2D eigenvalue weighted by Gasteiger charge is -2.24. The van der Waals surface area contributed by atoms with Crippen molar-refractivity contribution in [1.29, 1.82) is 0 Å². The predicted molar refractivity (Wildman–Crippen MR) is 101 cm³/mol. The number of rotatable bonds is 6. The molecule has 2 rings (SSSR count). The number of aryl methyl sites for hydroxylation is 2. The molecule has 0 fully saturated rings. The highest BCUT2D eigenvalue weighted by Crippen LogP contribution is 2.21. The maximum absolute atomic E-state index is 12.4. The first kappa shape index (κ1) is 19.0. The van der Waals surface area contributed by atoms with E-state index in [1.165, 1.54) is 0 Å². The molecule has 1 atom stereocenters. The third-order valence-electron chi connectivity index (χ3n) is 3.86. The van der Waals surface area contributed by atoms with E-state index in [1.807, 2.05) is 57.2 Å². The Kier molecular flexibility index (Phi) is 5.85. The molecule has 0 radical (unpaired) electrons. The average molecular weight is 360 g/mol. The Morgan fingerprint density at radius 2 is 1.64 bits per heavy atom. The number of anilines is 1. The van der Waals surface area contributed by atoms with E-state index in [9.17, 15) is 13.2 Å². The normalized spacial score (nSPS) is 12.5. The Balaban J connectivity index is 2.19. The average Bonchev–Trinajstić information content (AvgIpc) is 2.51. The minimum Gasteiger partial charge on any atom is -0.348 e. The van der Waals surface area contributed by atoms with Gasteiger partial charge in [-0.15, -0.1) is 0 Å². The molecule has 1 amide bonds. The van der Waals surface area contributed by atoms with E-state index in [1.54, 1.807) is 12.1 Å². The Morgan fingerprint density at radius 3 is 2.16 bits per heavy atom. The molecule has 25 heavy (non-hydrogen) atoms. The minimum atomic E-state index is -3.57. The van der Waals surface area contributed by atoms with Gasteiger partial charge in [0.05, 0.1) is 18.0 Å². The van der Waals surface area contributed by atoms with Gasteiger partial charge in [-0.3, -0.25) is 9.10 Å². The fourth-order valence-electron chi connectivity index (χ4n) is 2.74. The highest BCUT2D eigenvalue weighted by Gasteiger charge is 2.22. The number of nitrogens with one attached hydrogen (secondary N) is 1. The fourth-order valence-corrected chi connectivity index (χ4v) is 3.58. The number of hydrogen-bond donors (Lipinski definition) is 1. The lowest BCUT2D eigenvalue weighted by Crippen LogP contribution is -2.41. The molecule has 0 aliphatic heterocycles. The van der Waals surface area contributed by atoms with E-state index < -0.39 is 10.0 Å². The monoisotopic (exact) mass is 360 g/mol. The smallest absolute Gasteiger partial charge is 0.241 e. The van der Waals surface area contributed by atoms with E-state index in [2.05, 4.69) is 5.32 Å². The molecular weight excluding hydrogens is 336 g/mol. The van der Waals surface area contributed by atoms with Gasteiger partial charge in [-0.25, -0.2) is 8.42 Å². The van der Waals surface area contributed by atoms with E-state index in [0.717, 1.165) is 27.3 Å². The van der Waals surface area contributed by atoms with Gasteiger partial charge >= 0.3 is 0 Å². The summed E-state index contributed by atoms with van der Waals surface area (Å²) >= 11 is 0. The number of hydrogen-bond acceptors (Lipinski definition) is 3. The van der Waals surface area contributed by atoms with Gasteiger partial charge in [-0.1, -0.05) is 36.4 Å². The molecular formula is C19H24N2O3S. The van der Waals surface area contributed by atoms with Crippen molar-refractivity contribution >= 4 is 21.6 Å². The van der Waals surface area contributed by atoms with Gasteiger partial charge in [0.15, 0.2) is 0 Å². The number of carbonyl (C=O) groups is 1. The Morgan fingerprint density at radius 1 is 1.08 bits per heavy atom. The first-order valence-corrected chi connectivity index (χ1v) is 9.92. The molecule has 0 unspecified atom stereocenters. The molecule has 0 saturated heterocycles. The summed E-state index contributed by atoms with van der Waals surface area (Å²) in [6.07, 6.45) is 1.11. The van der Waals surface area contributed by atoms with Crippen LogP contribution in [-0.2, 0) is 14.8 Å². The highest BCUT2D eigenvalue weighted by atomic mass is 32.2. The summed E-state index contributed by atoms with van der Waals surface area (Å²) in [6.45, 7) is 5.41. The minimum absolute atomic E-state index is 0.200. The highest BCUT2D eigenvalue weighted by molar-refractivity contribution is 7.92. The topological polar surface area (TPSA) is 66.5 Å². The summed E-state index contributed by atoms with van der Waals surface area (Å²) in [4.78, 5) is 12.4. The second kappa shape index (κ2) is 7.70. The summed E-state index contributed by atoms with van der Waals surface area (Å²) in [6, 6.07) is 14.8. The zero-order valence-electron chi connectivity index (χ0n) is 15.0. The second-order valence-corrected chi connectivity index (χ2v) is 8.22. The molecule has 0 saturated carbocycles. The Bertz CT molecular complexity index is 828. The first-order valence-electron chi connectivity index (χ1n) is 8.07. The maximum atomic E-state index is 12.4. The van der Waals surface area contributed by atoms with E-state index in [-0.39, 0.29) is 18.5 Å². The number of sulfonamides is 1. The van der Waals surface area contributed by atoms with Crippen LogP contribution in [0, 0.1) is 13.8 Å². The van der Waals surface area contributed by atoms with Gasteiger partial charge in [0.1, 0.15) is 6.54 Å². The van der Waals surface area contributed by atoms with E-state index in [4.69, 9.17) is 0 Å². The van der Waals surface area contributed by atoms with Crippen LogP contribution in [0.15, 0.2) is 48.5 Å². The van der Waals surface area contributed by atoms with Crippen LogP contribution in [0.1, 0.15) is 29.7 Å². The second-order valence-electron chi connectivity index (χ2n) is 6.32. The van der Waals surface area contributed by atoms with Crippen molar-refractivity contribution < 1.29 is 13.2 Å². The van der Waals surface area contributed by atoms with Gasteiger partial charge < -0.3 is 5.32 Å². The molecule has 6 heteroatoms. The molecule has 0 spiro atoms. The zero-order valence-corrected chi connectivity index (χ0v) is 15.8. The number of benzene rings is 2. The molecule has 5 nitrogen and oxygen atoms in total. The molecule has 1 N–H and O–H groups in total. The summed E-state index contributed by atoms with van der Waals surface area (Å²) in [5, 5.41) is 2.85. The van der Waals surface area contributed by atoms with Crippen LogP contribution in [0.25, 0.3) is 0 Å². The van der Waals surface area contributed by atoms with Crippen LogP contribution in [0.4, 0.5) is 5.69 Å². The third kappa shape index (κ3) is 5.32. The van der Waals surface area contributed by atoms with Crippen LogP contribution in [0.2, 0.25) is 0 Å². The van der Waals surface area contributed by atoms with Gasteiger partial charge in [0.25, 0.3) is 0 Å². The van der Waals surface area contributed by atoms with Crippen LogP contribution in [0.3, 0.4) is 0 Å². The molecule has 2 aromatic rings. The number of amides is 1. The van der Waals surface area contributed by atoms with Crippen molar-refractivity contribution in [3.8, 4) is 0 Å².